The molecule has 1 saturated heterocycles. The molecular weight excluding hydrogens is 378 g/mol. The number of carboxylic acids is 1. The second-order valence-electron chi connectivity index (χ2n) is 6.78. The molecule has 1 aromatic carbocycles. The molecule has 1 fully saturated rings. The maximum Gasteiger partial charge on any atom is 0.306 e. The predicted octanol–water partition coefficient (Wildman–Crippen LogP) is 1.25. The Morgan fingerprint density at radius 1 is 1.10 bits per heavy atom. The number of hydrogen-bond acceptors (Lipinski definition) is 6. The van der Waals surface area contributed by atoms with Crippen LogP contribution in [0.1, 0.15) is 12.8 Å². The van der Waals surface area contributed by atoms with Crippen LogP contribution in [0.3, 0.4) is 0 Å². The summed E-state index contributed by atoms with van der Waals surface area (Å²) in [4.78, 5) is 37.4. The lowest BCUT2D eigenvalue weighted by Crippen LogP contribution is -2.43. The minimum absolute atomic E-state index is 0.197. The Balaban J connectivity index is 1.77. The molecule has 154 valence electrons. The topological polar surface area (TPSA) is 111 Å². The van der Waals surface area contributed by atoms with Crippen molar-refractivity contribution in [1.82, 2.24) is 14.7 Å². The number of carbonyl (C=O) groups is 2. The van der Waals surface area contributed by atoms with Crippen molar-refractivity contribution < 1.29 is 24.2 Å². The second-order valence-corrected chi connectivity index (χ2v) is 6.78. The smallest absolute Gasteiger partial charge is 0.306 e. The van der Waals surface area contributed by atoms with Gasteiger partial charge in [-0.3, -0.25) is 14.4 Å². The molecule has 1 aromatic heterocycles. The first kappa shape index (κ1) is 20.4. The van der Waals surface area contributed by atoms with Gasteiger partial charge in [0, 0.05) is 24.7 Å². The lowest BCUT2D eigenvalue weighted by Gasteiger charge is -2.30. The first-order chi connectivity index (χ1) is 13.9. The molecule has 0 saturated carbocycles. The highest BCUT2D eigenvalue weighted by Crippen LogP contribution is 2.31. The maximum atomic E-state index is 12.6. The van der Waals surface area contributed by atoms with E-state index in [1.54, 1.807) is 36.3 Å². The number of nitrogens with zero attached hydrogens (tertiary/aromatic N) is 3. The number of carbonyl (C=O) groups excluding carboxylic acids is 1. The number of carboxylic acid groups (broad SMARTS) is 1. The van der Waals surface area contributed by atoms with Gasteiger partial charge >= 0.3 is 5.97 Å². The van der Waals surface area contributed by atoms with Crippen LogP contribution < -0.4 is 15.0 Å². The summed E-state index contributed by atoms with van der Waals surface area (Å²) < 4.78 is 11.6. The van der Waals surface area contributed by atoms with E-state index in [-0.39, 0.29) is 18.0 Å². The van der Waals surface area contributed by atoms with Crippen molar-refractivity contribution >= 4 is 11.9 Å². The van der Waals surface area contributed by atoms with Crippen LogP contribution in [0.25, 0.3) is 11.3 Å². The van der Waals surface area contributed by atoms with Gasteiger partial charge in [0.1, 0.15) is 6.54 Å². The van der Waals surface area contributed by atoms with Crippen LogP contribution in [0.2, 0.25) is 0 Å². The summed E-state index contributed by atoms with van der Waals surface area (Å²) in [6.45, 7) is 0.525. The number of aromatic nitrogens is 2. The number of ether oxygens (including phenoxy) is 2. The number of benzene rings is 1. The van der Waals surface area contributed by atoms with E-state index in [1.165, 1.54) is 13.2 Å². The summed E-state index contributed by atoms with van der Waals surface area (Å²) in [6.07, 6.45) is 0.824. The molecule has 1 aliphatic heterocycles. The van der Waals surface area contributed by atoms with Crippen molar-refractivity contribution in [2.24, 2.45) is 5.92 Å². The molecule has 0 aliphatic carbocycles. The Kier molecular flexibility index (Phi) is 6.16. The fourth-order valence-electron chi connectivity index (χ4n) is 3.32. The van der Waals surface area contributed by atoms with E-state index in [9.17, 15) is 14.4 Å². The standard InChI is InChI=1S/C20H23N3O6/c1-28-16-5-3-14(11-17(16)29-2)15-4-6-18(24)23(21-15)12-19(25)22-9-7-13(8-10-22)20(26)27/h3-6,11,13H,7-10,12H2,1-2H3,(H,26,27). The number of methoxy groups -OCH3 is 2. The fourth-order valence-corrected chi connectivity index (χ4v) is 3.32. The van der Waals surface area contributed by atoms with E-state index >= 15 is 0 Å². The highest BCUT2D eigenvalue weighted by molar-refractivity contribution is 5.77. The van der Waals surface area contributed by atoms with Gasteiger partial charge in [0.2, 0.25) is 5.91 Å². The molecule has 3 rings (SSSR count). The van der Waals surface area contributed by atoms with Crippen molar-refractivity contribution in [2.75, 3.05) is 27.3 Å². The third-order valence-corrected chi connectivity index (χ3v) is 5.03. The summed E-state index contributed by atoms with van der Waals surface area (Å²) in [5.41, 5.74) is 0.844. The van der Waals surface area contributed by atoms with Gasteiger partial charge in [-0.15, -0.1) is 0 Å². The molecule has 9 nitrogen and oxygen atoms in total. The van der Waals surface area contributed by atoms with Gasteiger partial charge in [-0.05, 0) is 37.1 Å². The highest BCUT2D eigenvalue weighted by Gasteiger charge is 2.27. The van der Waals surface area contributed by atoms with Crippen molar-refractivity contribution in [3.05, 3.63) is 40.7 Å². The van der Waals surface area contributed by atoms with E-state index in [1.807, 2.05) is 0 Å². The number of hydrogen-bond donors (Lipinski definition) is 1. The van der Waals surface area contributed by atoms with Gasteiger partial charge in [0.25, 0.3) is 5.56 Å². The molecule has 1 N–H and O–H groups in total. The second kappa shape index (κ2) is 8.76. The molecule has 0 radical (unpaired) electrons. The van der Waals surface area contributed by atoms with E-state index in [4.69, 9.17) is 14.6 Å². The van der Waals surface area contributed by atoms with Gasteiger partial charge in [-0.2, -0.15) is 5.10 Å². The number of aliphatic carboxylic acids is 1. The molecule has 9 heteroatoms. The van der Waals surface area contributed by atoms with Crippen LogP contribution in [0.15, 0.2) is 35.1 Å². The Bertz CT molecular complexity index is 963. The lowest BCUT2D eigenvalue weighted by molar-refractivity contribution is -0.145. The van der Waals surface area contributed by atoms with Crippen molar-refractivity contribution in [1.29, 1.82) is 0 Å². The normalized spacial score (nSPS) is 14.5. The van der Waals surface area contributed by atoms with Gasteiger partial charge < -0.3 is 19.5 Å². The Hall–Kier alpha value is -3.36. The number of likely N-dealkylation sites (tertiary alicyclic amines) is 1. The zero-order valence-electron chi connectivity index (χ0n) is 16.3. The first-order valence-corrected chi connectivity index (χ1v) is 9.24. The van der Waals surface area contributed by atoms with Crippen molar-refractivity contribution in [2.45, 2.75) is 19.4 Å². The number of amides is 1. The Labute approximate surface area is 167 Å². The van der Waals surface area contributed by atoms with Crippen LogP contribution in [0, 0.1) is 5.92 Å². The summed E-state index contributed by atoms with van der Waals surface area (Å²) in [5.74, 6) is -0.412. The van der Waals surface area contributed by atoms with Crippen LogP contribution in [0.4, 0.5) is 0 Å². The minimum atomic E-state index is -0.836. The van der Waals surface area contributed by atoms with Crippen LogP contribution >= 0.6 is 0 Å². The average molecular weight is 401 g/mol. The molecule has 1 aliphatic rings. The van der Waals surface area contributed by atoms with E-state index in [0.717, 1.165) is 4.68 Å². The summed E-state index contributed by atoms with van der Waals surface area (Å²) in [7, 11) is 3.07. The van der Waals surface area contributed by atoms with Gasteiger partial charge in [0.15, 0.2) is 11.5 Å². The number of piperidine rings is 1. The summed E-state index contributed by atoms with van der Waals surface area (Å²) in [5, 5.41) is 13.4. The largest absolute Gasteiger partial charge is 0.493 e. The van der Waals surface area contributed by atoms with Crippen LogP contribution in [0.5, 0.6) is 11.5 Å². The van der Waals surface area contributed by atoms with E-state index < -0.39 is 11.9 Å². The number of rotatable bonds is 6. The summed E-state index contributed by atoms with van der Waals surface area (Å²) in [6, 6.07) is 8.22. The van der Waals surface area contributed by atoms with Crippen molar-refractivity contribution in [3.63, 3.8) is 0 Å². The Morgan fingerprint density at radius 2 is 1.79 bits per heavy atom. The maximum absolute atomic E-state index is 12.6. The predicted molar refractivity (Wildman–Crippen MR) is 104 cm³/mol. The first-order valence-electron chi connectivity index (χ1n) is 9.24. The molecule has 0 unspecified atom stereocenters. The molecule has 0 spiro atoms. The molecule has 1 amide bonds. The monoisotopic (exact) mass is 401 g/mol. The molecule has 29 heavy (non-hydrogen) atoms. The minimum Gasteiger partial charge on any atom is -0.493 e. The molecule has 0 atom stereocenters. The van der Waals surface area contributed by atoms with Gasteiger partial charge in [-0.25, -0.2) is 4.68 Å². The van der Waals surface area contributed by atoms with Crippen molar-refractivity contribution in [3.8, 4) is 22.8 Å². The van der Waals surface area contributed by atoms with Crippen LogP contribution in [-0.2, 0) is 16.1 Å². The third-order valence-electron chi connectivity index (χ3n) is 5.03. The molecule has 2 aromatic rings. The Morgan fingerprint density at radius 3 is 2.41 bits per heavy atom. The molecule has 2 heterocycles. The third kappa shape index (κ3) is 4.56. The van der Waals surface area contributed by atoms with E-state index in [2.05, 4.69) is 5.10 Å². The molecule has 0 bridgehead atoms. The van der Waals surface area contributed by atoms with Gasteiger partial charge in [0.05, 0.1) is 25.8 Å². The van der Waals surface area contributed by atoms with Crippen LogP contribution in [-0.4, -0.2) is 59.0 Å². The summed E-state index contributed by atoms with van der Waals surface area (Å²) >= 11 is 0. The SMILES string of the molecule is COc1ccc(-c2ccc(=O)n(CC(=O)N3CCC(C(=O)O)CC3)n2)cc1OC. The zero-order valence-corrected chi connectivity index (χ0v) is 16.3. The van der Waals surface area contributed by atoms with E-state index in [0.29, 0.717) is 48.7 Å². The lowest BCUT2D eigenvalue weighted by atomic mass is 9.97. The highest BCUT2D eigenvalue weighted by atomic mass is 16.5. The average Bonchev–Trinajstić information content (AvgIpc) is 2.74. The zero-order chi connectivity index (χ0) is 21.0. The molecular formula is C20H23N3O6. The van der Waals surface area contributed by atoms with Gasteiger partial charge in [-0.1, -0.05) is 0 Å². The fraction of sp³-hybridized carbons (Fsp3) is 0.400. The quantitative estimate of drug-likeness (QED) is 0.775.